The lowest BCUT2D eigenvalue weighted by Gasteiger charge is -2.56. The molecule has 172 valence electrons. The van der Waals surface area contributed by atoms with Crippen molar-refractivity contribution in [1.29, 1.82) is 0 Å². The summed E-state index contributed by atoms with van der Waals surface area (Å²) in [5.41, 5.74) is -0.259. The molecular formula is C25H31FN2O4. The minimum Gasteiger partial charge on any atom is -0.451 e. The van der Waals surface area contributed by atoms with E-state index < -0.39 is 29.8 Å². The molecule has 4 saturated carbocycles. The zero-order valence-corrected chi connectivity index (χ0v) is 18.5. The molecule has 1 aliphatic heterocycles. The first-order chi connectivity index (χ1) is 15.3. The molecule has 0 aromatic heterocycles. The number of nitrogens with one attached hydrogen (secondary N) is 1. The molecule has 0 unspecified atom stereocenters. The molecule has 1 N–H and O–H groups in total. The van der Waals surface area contributed by atoms with Crippen LogP contribution < -0.4 is 5.32 Å². The highest BCUT2D eigenvalue weighted by Gasteiger charge is 2.57. The molecule has 6 rings (SSSR count). The molecule has 1 aromatic carbocycles. The minimum atomic E-state index is -1.08. The van der Waals surface area contributed by atoms with Gasteiger partial charge in [0.25, 0.3) is 5.91 Å². The monoisotopic (exact) mass is 442 g/mol. The van der Waals surface area contributed by atoms with E-state index in [4.69, 9.17) is 4.74 Å². The Kier molecular flexibility index (Phi) is 5.46. The molecule has 7 heteroatoms. The van der Waals surface area contributed by atoms with Gasteiger partial charge in [-0.15, -0.1) is 0 Å². The van der Waals surface area contributed by atoms with Crippen LogP contribution in [0.3, 0.4) is 0 Å². The topological polar surface area (TPSA) is 75.7 Å². The van der Waals surface area contributed by atoms with Crippen molar-refractivity contribution in [1.82, 2.24) is 4.90 Å². The molecule has 32 heavy (non-hydrogen) atoms. The SMILES string of the molecule is C[C@@H](OC(=O)[C@@H]1CCCN1C(=O)C12CC3CC(CC(C3)C1)C2)C(=O)Nc1ccccc1F. The van der Waals surface area contributed by atoms with E-state index in [1.54, 1.807) is 11.0 Å². The van der Waals surface area contributed by atoms with E-state index in [0.717, 1.165) is 25.7 Å². The van der Waals surface area contributed by atoms with Crippen molar-refractivity contribution in [2.24, 2.45) is 23.2 Å². The van der Waals surface area contributed by atoms with Crippen LogP contribution in [0.2, 0.25) is 0 Å². The highest BCUT2D eigenvalue weighted by Crippen LogP contribution is 2.60. The van der Waals surface area contributed by atoms with E-state index in [-0.39, 0.29) is 17.0 Å². The van der Waals surface area contributed by atoms with Crippen LogP contribution in [0.25, 0.3) is 0 Å². The second-order valence-electron chi connectivity index (χ2n) is 10.4. The maximum absolute atomic E-state index is 13.8. The van der Waals surface area contributed by atoms with Gasteiger partial charge in [0.1, 0.15) is 11.9 Å². The zero-order valence-electron chi connectivity index (χ0n) is 18.5. The van der Waals surface area contributed by atoms with E-state index in [2.05, 4.69) is 5.32 Å². The maximum atomic E-state index is 13.8. The lowest BCUT2D eigenvalue weighted by molar-refractivity contribution is -0.168. The van der Waals surface area contributed by atoms with Crippen LogP contribution in [0.4, 0.5) is 10.1 Å². The predicted octanol–water partition coefficient (Wildman–Crippen LogP) is 3.90. The molecule has 0 spiro atoms. The second-order valence-corrected chi connectivity index (χ2v) is 10.4. The Labute approximate surface area is 187 Å². The molecule has 1 aromatic rings. The second kappa shape index (κ2) is 8.16. The normalized spacial score (nSPS) is 33.8. The Morgan fingerprint density at radius 2 is 1.72 bits per heavy atom. The van der Waals surface area contributed by atoms with Crippen LogP contribution in [0.1, 0.15) is 58.3 Å². The first-order valence-electron chi connectivity index (χ1n) is 11.9. The van der Waals surface area contributed by atoms with Gasteiger partial charge in [-0.2, -0.15) is 0 Å². The van der Waals surface area contributed by atoms with Crippen LogP contribution in [0.5, 0.6) is 0 Å². The quantitative estimate of drug-likeness (QED) is 0.702. The van der Waals surface area contributed by atoms with E-state index in [9.17, 15) is 18.8 Å². The maximum Gasteiger partial charge on any atom is 0.329 e. The van der Waals surface area contributed by atoms with Gasteiger partial charge in [0.2, 0.25) is 5.91 Å². The third kappa shape index (κ3) is 3.80. The van der Waals surface area contributed by atoms with Gasteiger partial charge in [-0.3, -0.25) is 9.59 Å². The summed E-state index contributed by atoms with van der Waals surface area (Å²) < 4.78 is 19.2. The molecule has 1 heterocycles. The fourth-order valence-corrected chi connectivity index (χ4v) is 7.04. The van der Waals surface area contributed by atoms with Gasteiger partial charge in [0, 0.05) is 6.54 Å². The molecule has 2 atom stereocenters. The number of halogens is 1. The van der Waals surface area contributed by atoms with E-state index in [0.29, 0.717) is 30.7 Å². The lowest BCUT2D eigenvalue weighted by atomic mass is 9.49. The number of ether oxygens (including phenoxy) is 1. The minimum absolute atomic E-state index is 0.0416. The summed E-state index contributed by atoms with van der Waals surface area (Å²) in [5.74, 6) is 0.389. The number of anilines is 1. The average molecular weight is 443 g/mol. The van der Waals surface area contributed by atoms with Gasteiger partial charge in [-0.1, -0.05) is 12.1 Å². The predicted molar refractivity (Wildman–Crippen MR) is 116 cm³/mol. The Morgan fingerprint density at radius 1 is 1.09 bits per heavy atom. The summed E-state index contributed by atoms with van der Waals surface area (Å²) in [6.07, 6.45) is 6.87. The van der Waals surface area contributed by atoms with Crippen molar-refractivity contribution in [3.05, 3.63) is 30.1 Å². The standard InChI is InChI=1S/C25H31FN2O4/c1-15(22(29)27-20-6-3-2-5-19(20)26)32-23(30)21-7-4-8-28(21)24(31)25-12-16-9-17(13-25)11-18(10-16)14-25/h2-3,5-6,15-18,21H,4,7-14H2,1H3,(H,27,29)/t15-,16?,17?,18?,21+,25?/m1/s1. The Bertz CT molecular complexity index is 897. The number of hydrogen-bond donors (Lipinski definition) is 1. The van der Waals surface area contributed by atoms with Crippen LogP contribution in [-0.2, 0) is 19.1 Å². The number of hydrogen-bond acceptors (Lipinski definition) is 4. The van der Waals surface area contributed by atoms with E-state index >= 15 is 0 Å². The summed E-state index contributed by atoms with van der Waals surface area (Å²) in [7, 11) is 0. The summed E-state index contributed by atoms with van der Waals surface area (Å²) in [6, 6.07) is 5.20. The molecule has 2 amide bonds. The summed E-state index contributed by atoms with van der Waals surface area (Å²) in [6.45, 7) is 2.03. The zero-order chi connectivity index (χ0) is 22.5. The Balaban J connectivity index is 1.23. The van der Waals surface area contributed by atoms with Crippen molar-refractivity contribution in [2.45, 2.75) is 70.4 Å². The molecule has 6 nitrogen and oxygen atoms in total. The molecule has 4 bridgehead atoms. The van der Waals surface area contributed by atoms with Crippen molar-refractivity contribution < 1.29 is 23.5 Å². The van der Waals surface area contributed by atoms with Crippen molar-refractivity contribution >= 4 is 23.5 Å². The highest BCUT2D eigenvalue weighted by atomic mass is 19.1. The average Bonchev–Trinajstić information content (AvgIpc) is 3.23. The fourth-order valence-electron chi connectivity index (χ4n) is 7.04. The summed E-state index contributed by atoms with van der Waals surface area (Å²) >= 11 is 0. The molecule has 4 aliphatic carbocycles. The number of nitrogens with zero attached hydrogens (tertiary/aromatic N) is 1. The first-order valence-corrected chi connectivity index (χ1v) is 11.9. The third-order valence-corrected chi connectivity index (χ3v) is 8.07. The number of benzene rings is 1. The largest absolute Gasteiger partial charge is 0.451 e. The van der Waals surface area contributed by atoms with Crippen LogP contribution in [0, 0.1) is 29.0 Å². The summed E-state index contributed by atoms with van der Waals surface area (Å²) in [5, 5.41) is 2.46. The number of esters is 1. The number of amides is 2. The van der Waals surface area contributed by atoms with Gasteiger partial charge >= 0.3 is 5.97 Å². The molecule has 5 aliphatic rings. The van der Waals surface area contributed by atoms with Gasteiger partial charge in [-0.05, 0) is 88.2 Å². The van der Waals surface area contributed by atoms with Crippen LogP contribution >= 0.6 is 0 Å². The number of likely N-dealkylation sites (tertiary alicyclic amines) is 1. The van der Waals surface area contributed by atoms with Crippen molar-refractivity contribution in [2.75, 3.05) is 11.9 Å². The summed E-state index contributed by atoms with van der Waals surface area (Å²) in [4.78, 5) is 40.8. The van der Waals surface area contributed by atoms with Crippen molar-refractivity contribution in [3.8, 4) is 0 Å². The van der Waals surface area contributed by atoms with Crippen LogP contribution in [-0.4, -0.2) is 41.4 Å². The molecule has 5 fully saturated rings. The van der Waals surface area contributed by atoms with Gasteiger partial charge in [0.05, 0.1) is 11.1 Å². The lowest BCUT2D eigenvalue weighted by Crippen LogP contribution is -2.56. The highest BCUT2D eigenvalue weighted by molar-refractivity contribution is 5.96. The molecule has 1 saturated heterocycles. The van der Waals surface area contributed by atoms with E-state index in [1.165, 1.54) is 44.4 Å². The number of carbonyl (C=O) groups excluding carboxylic acids is 3. The van der Waals surface area contributed by atoms with E-state index in [1.807, 2.05) is 0 Å². The molecular weight excluding hydrogens is 411 g/mol. The van der Waals surface area contributed by atoms with Crippen LogP contribution in [0.15, 0.2) is 24.3 Å². The fraction of sp³-hybridized carbons (Fsp3) is 0.640. The first kappa shape index (κ1) is 21.4. The molecule has 0 radical (unpaired) electrons. The smallest absolute Gasteiger partial charge is 0.329 e. The Hall–Kier alpha value is -2.44. The van der Waals surface area contributed by atoms with Gasteiger partial charge < -0.3 is 15.0 Å². The number of rotatable bonds is 5. The number of carbonyl (C=O) groups is 3. The van der Waals surface area contributed by atoms with Gasteiger partial charge in [-0.25, -0.2) is 9.18 Å². The number of para-hydroxylation sites is 1. The van der Waals surface area contributed by atoms with Gasteiger partial charge in [0.15, 0.2) is 6.10 Å². The van der Waals surface area contributed by atoms with Crippen molar-refractivity contribution in [3.63, 3.8) is 0 Å². The third-order valence-electron chi connectivity index (χ3n) is 8.07. The Morgan fingerprint density at radius 3 is 2.34 bits per heavy atom.